The van der Waals surface area contributed by atoms with Gasteiger partial charge in [0.15, 0.2) is 0 Å². The maximum Gasteiger partial charge on any atom is 0.0529 e. The number of nitrogens with zero attached hydrogens (tertiary/aromatic N) is 1. The van der Waals surface area contributed by atoms with E-state index in [2.05, 4.69) is 59.4 Å². The van der Waals surface area contributed by atoms with Crippen LogP contribution in [0.4, 0.5) is 0 Å². The molecule has 0 amide bonds. The van der Waals surface area contributed by atoms with E-state index in [0.717, 1.165) is 23.7 Å². The van der Waals surface area contributed by atoms with E-state index in [0.29, 0.717) is 0 Å². The topological polar surface area (TPSA) is 17.0 Å². The van der Waals surface area contributed by atoms with E-state index in [1.807, 2.05) is 13.1 Å². The molecule has 0 saturated carbocycles. The Hall–Kier alpha value is -1.77. The molecule has 0 unspecified atom stereocenters. The van der Waals surface area contributed by atoms with E-state index in [4.69, 9.17) is 11.6 Å². The van der Waals surface area contributed by atoms with Crippen molar-refractivity contribution in [2.24, 2.45) is 0 Å². The van der Waals surface area contributed by atoms with Gasteiger partial charge in [-0.3, -0.25) is 0 Å². The fourth-order valence-electron chi connectivity index (χ4n) is 2.77. The monoisotopic (exact) mass is 298 g/mol. The van der Waals surface area contributed by atoms with Gasteiger partial charge in [-0.05, 0) is 48.2 Å². The largest absolute Gasteiger partial charge is 0.343 e. The summed E-state index contributed by atoms with van der Waals surface area (Å²) >= 11 is 6.37. The molecule has 3 aromatic rings. The zero-order chi connectivity index (χ0) is 14.8. The van der Waals surface area contributed by atoms with Gasteiger partial charge in [0.05, 0.1) is 5.52 Å². The highest BCUT2D eigenvalue weighted by molar-refractivity contribution is 6.31. The third-order valence-electron chi connectivity index (χ3n) is 3.79. The van der Waals surface area contributed by atoms with Crippen molar-refractivity contribution in [3.8, 4) is 0 Å². The molecule has 0 aliphatic heterocycles. The molecule has 21 heavy (non-hydrogen) atoms. The predicted octanol–water partition coefficient (Wildman–Crippen LogP) is 4.37. The first-order chi connectivity index (χ1) is 10.2. The van der Waals surface area contributed by atoms with Crippen LogP contribution in [0.2, 0.25) is 5.02 Å². The zero-order valence-corrected chi connectivity index (χ0v) is 13.1. The van der Waals surface area contributed by atoms with E-state index in [1.165, 1.54) is 22.0 Å². The lowest BCUT2D eigenvalue weighted by atomic mass is 10.1. The normalized spacial score (nSPS) is 11.2. The smallest absolute Gasteiger partial charge is 0.0529 e. The third-order valence-corrected chi connectivity index (χ3v) is 4.14. The van der Waals surface area contributed by atoms with Crippen LogP contribution in [0.1, 0.15) is 16.7 Å². The van der Waals surface area contributed by atoms with E-state index in [-0.39, 0.29) is 0 Å². The van der Waals surface area contributed by atoms with Crippen molar-refractivity contribution in [3.05, 3.63) is 70.4 Å². The summed E-state index contributed by atoms with van der Waals surface area (Å²) < 4.78 is 2.28. The average molecular weight is 299 g/mol. The highest BCUT2D eigenvalue weighted by Gasteiger charge is 2.08. The average Bonchev–Trinajstić information content (AvgIpc) is 2.87. The number of fused-ring (bicyclic) bond motifs is 1. The number of para-hydroxylation sites is 1. The molecule has 1 aromatic heterocycles. The van der Waals surface area contributed by atoms with Gasteiger partial charge in [0.2, 0.25) is 0 Å². The summed E-state index contributed by atoms with van der Waals surface area (Å²) in [5.74, 6) is 0. The van der Waals surface area contributed by atoms with Crippen LogP contribution in [0.3, 0.4) is 0 Å². The second kappa shape index (κ2) is 5.92. The lowest BCUT2D eigenvalue weighted by molar-refractivity contribution is 0.796. The molecule has 0 radical (unpaired) electrons. The number of nitrogens with one attached hydrogen (secondary N) is 1. The molecule has 108 valence electrons. The Morgan fingerprint density at radius 3 is 2.71 bits per heavy atom. The molecule has 0 aliphatic rings. The van der Waals surface area contributed by atoms with Crippen LogP contribution >= 0.6 is 11.6 Å². The molecule has 1 heterocycles. The fourth-order valence-corrected chi connectivity index (χ4v) is 3.06. The standard InChI is InChI=1S/C18H19ClN2/c1-13-6-7-16(17(19)10-13)12-21-9-8-14-4-3-5-15(11-20-2)18(14)21/h3-10,20H,11-12H2,1-2H3. The van der Waals surface area contributed by atoms with E-state index in [9.17, 15) is 0 Å². The van der Waals surface area contributed by atoms with Crippen LogP contribution in [0.15, 0.2) is 48.7 Å². The first-order valence-electron chi connectivity index (χ1n) is 7.15. The summed E-state index contributed by atoms with van der Waals surface area (Å²) in [7, 11) is 1.98. The number of aromatic nitrogens is 1. The number of benzene rings is 2. The molecule has 0 saturated heterocycles. The maximum absolute atomic E-state index is 6.37. The molecule has 0 fully saturated rings. The second-order valence-corrected chi connectivity index (χ2v) is 5.83. The zero-order valence-electron chi connectivity index (χ0n) is 12.4. The molecule has 0 aliphatic carbocycles. The van der Waals surface area contributed by atoms with Crippen LogP contribution in [-0.2, 0) is 13.1 Å². The number of rotatable bonds is 4. The Morgan fingerprint density at radius 1 is 1.10 bits per heavy atom. The van der Waals surface area contributed by atoms with Crippen molar-refractivity contribution >= 4 is 22.5 Å². The SMILES string of the molecule is CNCc1cccc2ccn(Cc3ccc(C)cc3Cl)c12. The van der Waals surface area contributed by atoms with Gasteiger partial charge < -0.3 is 9.88 Å². The van der Waals surface area contributed by atoms with E-state index >= 15 is 0 Å². The first-order valence-corrected chi connectivity index (χ1v) is 7.53. The number of hydrogen-bond acceptors (Lipinski definition) is 1. The Bertz CT molecular complexity index is 774. The Kier molecular flexibility index (Phi) is 4.00. The minimum atomic E-state index is 0.795. The van der Waals surface area contributed by atoms with Crippen LogP contribution < -0.4 is 5.32 Å². The first kappa shape index (κ1) is 14.2. The molecule has 3 heteroatoms. The Morgan fingerprint density at radius 2 is 1.95 bits per heavy atom. The Labute approximate surface area is 130 Å². The second-order valence-electron chi connectivity index (χ2n) is 5.42. The molecule has 0 atom stereocenters. The van der Waals surface area contributed by atoms with Crippen molar-refractivity contribution in [2.45, 2.75) is 20.0 Å². The highest BCUT2D eigenvalue weighted by Crippen LogP contribution is 2.24. The quantitative estimate of drug-likeness (QED) is 0.757. The van der Waals surface area contributed by atoms with Crippen molar-refractivity contribution < 1.29 is 0 Å². The molecular formula is C18H19ClN2. The van der Waals surface area contributed by atoms with Crippen molar-refractivity contribution in [1.82, 2.24) is 9.88 Å². The van der Waals surface area contributed by atoms with E-state index in [1.54, 1.807) is 0 Å². The van der Waals surface area contributed by atoms with Gasteiger partial charge in [-0.15, -0.1) is 0 Å². The van der Waals surface area contributed by atoms with Gasteiger partial charge in [-0.25, -0.2) is 0 Å². The summed E-state index contributed by atoms with van der Waals surface area (Å²) in [6, 6.07) is 14.9. The van der Waals surface area contributed by atoms with Crippen LogP contribution in [0.5, 0.6) is 0 Å². The van der Waals surface area contributed by atoms with Gasteiger partial charge >= 0.3 is 0 Å². The van der Waals surface area contributed by atoms with Crippen molar-refractivity contribution in [1.29, 1.82) is 0 Å². The van der Waals surface area contributed by atoms with Gasteiger partial charge in [0.25, 0.3) is 0 Å². The highest BCUT2D eigenvalue weighted by atomic mass is 35.5. The summed E-state index contributed by atoms with van der Waals surface area (Å²) in [4.78, 5) is 0. The Balaban J connectivity index is 2.04. The maximum atomic E-state index is 6.37. The van der Waals surface area contributed by atoms with Crippen molar-refractivity contribution in [3.63, 3.8) is 0 Å². The van der Waals surface area contributed by atoms with Crippen LogP contribution in [0.25, 0.3) is 10.9 Å². The third kappa shape index (κ3) is 2.82. The summed E-state index contributed by atoms with van der Waals surface area (Å²) in [6.45, 7) is 3.72. The van der Waals surface area contributed by atoms with Crippen molar-refractivity contribution in [2.75, 3.05) is 7.05 Å². The molecular weight excluding hydrogens is 280 g/mol. The van der Waals surface area contributed by atoms with Gasteiger partial charge in [-0.2, -0.15) is 0 Å². The van der Waals surface area contributed by atoms with E-state index < -0.39 is 0 Å². The minimum Gasteiger partial charge on any atom is -0.343 e. The summed E-state index contributed by atoms with van der Waals surface area (Å²) in [6.07, 6.45) is 2.14. The molecule has 0 spiro atoms. The van der Waals surface area contributed by atoms with Crippen LogP contribution in [0, 0.1) is 6.92 Å². The molecule has 0 bridgehead atoms. The molecule has 2 aromatic carbocycles. The predicted molar refractivity (Wildman–Crippen MR) is 90.0 cm³/mol. The van der Waals surface area contributed by atoms with Crippen LogP contribution in [-0.4, -0.2) is 11.6 Å². The lowest BCUT2D eigenvalue weighted by Gasteiger charge is -2.11. The summed E-state index contributed by atoms with van der Waals surface area (Å²) in [5.41, 5.74) is 4.93. The summed E-state index contributed by atoms with van der Waals surface area (Å²) in [5, 5.41) is 5.34. The number of hydrogen-bond donors (Lipinski definition) is 1. The molecule has 1 N–H and O–H groups in total. The molecule has 3 rings (SSSR count). The fraction of sp³-hybridized carbons (Fsp3) is 0.222. The molecule has 2 nitrogen and oxygen atoms in total. The number of aryl methyl sites for hydroxylation is 1. The lowest BCUT2D eigenvalue weighted by Crippen LogP contribution is -2.08. The van der Waals surface area contributed by atoms with Gasteiger partial charge in [-0.1, -0.05) is 41.9 Å². The van der Waals surface area contributed by atoms with Gasteiger partial charge in [0.1, 0.15) is 0 Å². The van der Waals surface area contributed by atoms with Gasteiger partial charge in [0, 0.05) is 24.3 Å². The minimum absolute atomic E-state index is 0.795. The number of halogens is 1.